The molecule has 2 nitrogen and oxygen atoms in total. The number of carboxylic acid groups (broad SMARTS) is 1. The molecular weight excluding hydrogens is 195 g/mol. The van der Waals surface area contributed by atoms with Crippen LogP contribution in [0.25, 0.3) is 5.57 Å². The summed E-state index contributed by atoms with van der Waals surface area (Å²) in [6, 6.07) is 5.36. The van der Waals surface area contributed by atoms with Gasteiger partial charge in [0.25, 0.3) is 0 Å². The lowest BCUT2D eigenvalue weighted by Gasteiger charge is -2.05. The van der Waals surface area contributed by atoms with Crippen molar-refractivity contribution < 1.29 is 14.3 Å². The van der Waals surface area contributed by atoms with Crippen LogP contribution < -0.4 is 0 Å². The number of hydrogen-bond acceptors (Lipinski definition) is 1. The molecule has 0 unspecified atom stereocenters. The Morgan fingerprint density at radius 3 is 2.33 bits per heavy atom. The molecule has 0 spiro atoms. The molecule has 0 saturated carbocycles. The molecule has 0 aromatic heterocycles. The zero-order valence-corrected chi connectivity index (χ0v) is 8.97. The first-order chi connectivity index (χ1) is 6.93. The average Bonchev–Trinajstić information content (AvgIpc) is 2.19. The molecule has 0 aliphatic carbocycles. The molecule has 0 fully saturated rings. The van der Waals surface area contributed by atoms with Crippen LogP contribution >= 0.6 is 0 Å². The highest BCUT2D eigenvalue weighted by Crippen LogP contribution is 2.21. The van der Waals surface area contributed by atoms with Crippen LogP contribution in [0.3, 0.4) is 0 Å². The van der Waals surface area contributed by atoms with Crippen LogP contribution in [0.4, 0.5) is 4.39 Å². The van der Waals surface area contributed by atoms with Crippen LogP contribution in [-0.4, -0.2) is 11.1 Å². The predicted octanol–water partition coefficient (Wildman–Crippen LogP) is 3.09. The van der Waals surface area contributed by atoms with Gasteiger partial charge in [0.1, 0.15) is 0 Å². The molecule has 0 aliphatic heterocycles. The maximum Gasteiger partial charge on any atom is 0.365 e. The second kappa shape index (κ2) is 4.26. The van der Waals surface area contributed by atoms with Crippen LogP contribution in [-0.2, 0) is 4.79 Å². The molecule has 0 amide bonds. The van der Waals surface area contributed by atoms with E-state index in [-0.39, 0.29) is 5.57 Å². The van der Waals surface area contributed by atoms with Crippen molar-refractivity contribution in [1.29, 1.82) is 0 Å². The quantitative estimate of drug-likeness (QED) is 0.758. The summed E-state index contributed by atoms with van der Waals surface area (Å²) in [5.74, 6) is -2.62. The molecule has 15 heavy (non-hydrogen) atoms. The van der Waals surface area contributed by atoms with Gasteiger partial charge in [-0.25, -0.2) is 4.79 Å². The molecule has 0 heterocycles. The number of rotatable bonds is 2. The van der Waals surface area contributed by atoms with E-state index in [0.29, 0.717) is 5.56 Å². The van der Waals surface area contributed by atoms with E-state index >= 15 is 0 Å². The standard InChI is InChI=1S/C12H13FO2/c1-7-4-5-10(6-8(7)2)9(3)11(13)12(14)15/h4-6H,1-3H3,(H,14,15). The number of carbonyl (C=O) groups is 1. The van der Waals surface area contributed by atoms with E-state index < -0.39 is 11.8 Å². The van der Waals surface area contributed by atoms with Gasteiger partial charge in [0.2, 0.25) is 5.83 Å². The lowest BCUT2D eigenvalue weighted by Crippen LogP contribution is -1.98. The van der Waals surface area contributed by atoms with Crippen molar-refractivity contribution in [3.63, 3.8) is 0 Å². The van der Waals surface area contributed by atoms with Gasteiger partial charge in [-0.3, -0.25) is 0 Å². The van der Waals surface area contributed by atoms with Gasteiger partial charge in [0.15, 0.2) is 0 Å². The van der Waals surface area contributed by atoms with Gasteiger partial charge in [-0.05, 0) is 43.0 Å². The predicted molar refractivity (Wildman–Crippen MR) is 57.3 cm³/mol. The normalized spacial score (nSPS) is 12.3. The van der Waals surface area contributed by atoms with Gasteiger partial charge < -0.3 is 5.11 Å². The van der Waals surface area contributed by atoms with E-state index in [1.165, 1.54) is 6.92 Å². The summed E-state index contributed by atoms with van der Waals surface area (Å²) in [4.78, 5) is 10.4. The summed E-state index contributed by atoms with van der Waals surface area (Å²) in [6.07, 6.45) is 0. The topological polar surface area (TPSA) is 37.3 Å². The van der Waals surface area contributed by atoms with E-state index in [9.17, 15) is 9.18 Å². The number of hydrogen-bond donors (Lipinski definition) is 1. The van der Waals surface area contributed by atoms with Gasteiger partial charge in [-0.1, -0.05) is 18.2 Å². The van der Waals surface area contributed by atoms with Crippen LogP contribution in [0.2, 0.25) is 0 Å². The number of aliphatic carboxylic acids is 1. The Labute approximate surface area is 88.1 Å². The fraction of sp³-hybridized carbons (Fsp3) is 0.250. The maximum absolute atomic E-state index is 13.1. The minimum atomic E-state index is -1.52. The molecule has 0 bridgehead atoms. The molecule has 1 aromatic rings. The number of halogens is 1. The summed E-state index contributed by atoms with van der Waals surface area (Å²) in [7, 11) is 0. The molecule has 1 N–H and O–H groups in total. The number of aryl methyl sites for hydroxylation is 2. The highest BCUT2D eigenvalue weighted by Gasteiger charge is 2.11. The Morgan fingerprint density at radius 2 is 1.87 bits per heavy atom. The first kappa shape index (κ1) is 11.4. The Bertz CT molecular complexity index is 433. The summed E-state index contributed by atoms with van der Waals surface area (Å²) in [6.45, 7) is 5.32. The third-order valence-electron chi connectivity index (χ3n) is 2.46. The fourth-order valence-corrected chi connectivity index (χ4v) is 1.26. The first-order valence-electron chi connectivity index (χ1n) is 4.60. The lowest BCUT2D eigenvalue weighted by atomic mass is 10.0. The highest BCUT2D eigenvalue weighted by molar-refractivity contribution is 5.93. The Kier molecular flexibility index (Phi) is 3.24. The molecule has 3 heteroatoms. The third-order valence-corrected chi connectivity index (χ3v) is 2.46. The van der Waals surface area contributed by atoms with Crippen molar-refractivity contribution in [1.82, 2.24) is 0 Å². The zero-order valence-electron chi connectivity index (χ0n) is 8.97. The molecule has 0 saturated heterocycles. The second-order valence-electron chi connectivity index (χ2n) is 3.54. The van der Waals surface area contributed by atoms with Gasteiger partial charge in [-0.15, -0.1) is 0 Å². The Morgan fingerprint density at radius 1 is 1.27 bits per heavy atom. The first-order valence-corrected chi connectivity index (χ1v) is 4.60. The van der Waals surface area contributed by atoms with Crippen molar-refractivity contribution in [2.45, 2.75) is 20.8 Å². The molecule has 0 aliphatic rings. The SMILES string of the molecule is CC(=C(F)C(=O)O)c1ccc(C)c(C)c1. The Balaban J connectivity index is 3.23. The second-order valence-corrected chi connectivity index (χ2v) is 3.54. The fourth-order valence-electron chi connectivity index (χ4n) is 1.26. The van der Waals surface area contributed by atoms with Crippen molar-refractivity contribution in [2.24, 2.45) is 0 Å². The van der Waals surface area contributed by atoms with Gasteiger partial charge >= 0.3 is 5.97 Å². The van der Waals surface area contributed by atoms with Crippen molar-refractivity contribution >= 4 is 11.5 Å². The molecule has 1 rings (SSSR count). The number of allylic oxidation sites excluding steroid dienone is 1. The largest absolute Gasteiger partial charge is 0.476 e. The van der Waals surface area contributed by atoms with Crippen LogP contribution in [0, 0.1) is 13.8 Å². The molecule has 80 valence electrons. The van der Waals surface area contributed by atoms with Crippen LogP contribution in [0.15, 0.2) is 24.0 Å². The minimum Gasteiger partial charge on any atom is -0.476 e. The lowest BCUT2D eigenvalue weighted by molar-refractivity contribution is -0.134. The summed E-state index contributed by atoms with van der Waals surface area (Å²) < 4.78 is 13.1. The summed E-state index contributed by atoms with van der Waals surface area (Å²) >= 11 is 0. The molecular formula is C12H13FO2. The van der Waals surface area contributed by atoms with Crippen molar-refractivity contribution in [3.05, 3.63) is 40.7 Å². The van der Waals surface area contributed by atoms with Gasteiger partial charge in [0.05, 0.1) is 0 Å². The highest BCUT2D eigenvalue weighted by atomic mass is 19.1. The van der Waals surface area contributed by atoms with Crippen molar-refractivity contribution in [3.8, 4) is 0 Å². The summed E-state index contributed by atoms with van der Waals surface area (Å²) in [5.41, 5.74) is 2.89. The van der Waals surface area contributed by atoms with E-state index in [0.717, 1.165) is 11.1 Å². The summed E-state index contributed by atoms with van der Waals surface area (Å²) in [5, 5.41) is 8.50. The number of carboxylic acids is 1. The van der Waals surface area contributed by atoms with Crippen LogP contribution in [0.1, 0.15) is 23.6 Å². The smallest absolute Gasteiger partial charge is 0.365 e. The molecule has 0 radical (unpaired) electrons. The van der Waals surface area contributed by atoms with E-state index in [1.54, 1.807) is 12.1 Å². The van der Waals surface area contributed by atoms with Crippen molar-refractivity contribution in [2.75, 3.05) is 0 Å². The zero-order chi connectivity index (χ0) is 11.6. The Hall–Kier alpha value is -1.64. The van der Waals surface area contributed by atoms with Gasteiger partial charge in [0, 0.05) is 0 Å². The van der Waals surface area contributed by atoms with E-state index in [2.05, 4.69) is 0 Å². The minimum absolute atomic E-state index is 0.158. The van der Waals surface area contributed by atoms with E-state index in [1.807, 2.05) is 19.9 Å². The van der Waals surface area contributed by atoms with E-state index in [4.69, 9.17) is 5.11 Å². The van der Waals surface area contributed by atoms with Gasteiger partial charge in [-0.2, -0.15) is 4.39 Å². The molecule has 1 aromatic carbocycles. The monoisotopic (exact) mass is 208 g/mol. The maximum atomic E-state index is 13.1. The average molecular weight is 208 g/mol. The molecule has 0 atom stereocenters. The van der Waals surface area contributed by atoms with Crippen LogP contribution in [0.5, 0.6) is 0 Å². The number of benzene rings is 1. The third kappa shape index (κ3) is 2.43.